The van der Waals surface area contributed by atoms with Crippen molar-refractivity contribution in [2.45, 2.75) is 27.2 Å². The van der Waals surface area contributed by atoms with Gasteiger partial charge in [-0.25, -0.2) is 0 Å². The monoisotopic (exact) mass is 332 g/mol. The Labute approximate surface area is 143 Å². The summed E-state index contributed by atoms with van der Waals surface area (Å²) in [6.07, 6.45) is 2.81. The molecule has 1 saturated heterocycles. The zero-order chi connectivity index (χ0) is 17.2. The van der Waals surface area contributed by atoms with Crippen molar-refractivity contribution >= 4 is 11.9 Å². The number of nitrogens with zero attached hydrogens (tertiary/aromatic N) is 3. The summed E-state index contributed by atoms with van der Waals surface area (Å²) in [6.45, 7) is 11.4. The quantitative estimate of drug-likeness (QED) is 0.677. The average Bonchev–Trinajstić information content (AvgIpc) is 2.98. The SMILES string of the molecule is CCNC(=NCC1CC1(C)C)N1CCN(C(=O)c2ccco2)CC1. The van der Waals surface area contributed by atoms with E-state index in [4.69, 9.17) is 9.41 Å². The van der Waals surface area contributed by atoms with Crippen molar-refractivity contribution in [3.63, 3.8) is 0 Å². The van der Waals surface area contributed by atoms with Gasteiger partial charge < -0.3 is 19.5 Å². The Kier molecular flexibility index (Phi) is 4.83. The minimum atomic E-state index is -0.0266. The molecule has 1 aliphatic heterocycles. The normalized spacial score (nSPS) is 23.3. The molecule has 1 aliphatic carbocycles. The van der Waals surface area contributed by atoms with Gasteiger partial charge in [0.1, 0.15) is 0 Å². The smallest absolute Gasteiger partial charge is 0.289 e. The molecule has 1 N–H and O–H groups in total. The number of nitrogens with one attached hydrogen (secondary N) is 1. The van der Waals surface area contributed by atoms with Gasteiger partial charge >= 0.3 is 0 Å². The first-order valence-electron chi connectivity index (χ1n) is 8.87. The van der Waals surface area contributed by atoms with Crippen LogP contribution in [0, 0.1) is 11.3 Å². The van der Waals surface area contributed by atoms with E-state index in [-0.39, 0.29) is 5.91 Å². The molecule has 24 heavy (non-hydrogen) atoms. The van der Waals surface area contributed by atoms with Crippen molar-refractivity contribution in [3.8, 4) is 0 Å². The van der Waals surface area contributed by atoms with Crippen LogP contribution in [0.3, 0.4) is 0 Å². The molecule has 2 aliphatic rings. The van der Waals surface area contributed by atoms with Gasteiger partial charge in [-0.3, -0.25) is 9.79 Å². The van der Waals surface area contributed by atoms with Crippen molar-refractivity contribution in [1.29, 1.82) is 0 Å². The minimum Gasteiger partial charge on any atom is -0.459 e. The van der Waals surface area contributed by atoms with E-state index in [0.29, 0.717) is 30.2 Å². The fourth-order valence-corrected chi connectivity index (χ4v) is 3.19. The number of furan rings is 1. The molecule has 3 rings (SSSR count). The van der Waals surface area contributed by atoms with E-state index >= 15 is 0 Å². The third kappa shape index (κ3) is 3.74. The Balaban J connectivity index is 1.55. The van der Waals surface area contributed by atoms with Crippen LogP contribution in [0.4, 0.5) is 0 Å². The maximum absolute atomic E-state index is 12.3. The second kappa shape index (κ2) is 6.87. The Morgan fingerprint density at radius 2 is 2.00 bits per heavy atom. The van der Waals surface area contributed by atoms with Crippen LogP contribution >= 0.6 is 0 Å². The zero-order valence-electron chi connectivity index (χ0n) is 14.9. The summed E-state index contributed by atoms with van der Waals surface area (Å²) in [5.41, 5.74) is 0.453. The predicted molar refractivity (Wildman–Crippen MR) is 94.1 cm³/mol. The number of piperazine rings is 1. The van der Waals surface area contributed by atoms with Gasteiger partial charge in [-0.2, -0.15) is 0 Å². The van der Waals surface area contributed by atoms with Crippen LogP contribution in [0.2, 0.25) is 0 Å². The molecule has 1 amide bonds. The second-order valence-corrected chi connectivity index (χ2v) is 7.34. The molecule has 132 valence electrons. The highest BCUT2D eigenvalue weighted by Gasteiger charge is 2.45. The maximum Gasteiger partial charge on any atom is 0.289 e. The fraction of sp³-hybridized carbons (Fsp3) is 0.667. The summed E-state index contributed by atoms with van der Waals surface area (Å²) in [6, 6.07) is 3.47. The van der Waals surface area contributed by atoms with Gasteiger partial charge in [0, 0.05) is 39.3 Å². The van der Waals surface area contributed by atoms with Crippen LogP contribution in [0.25, 0.3) is 0 Å². The molecular weight excluding hydrogens is 304 g/mol. The van der Waals surface area contributed by atoms with Crippen LogP contribution in [-0.4, -0.2) is 60.9 Å². The first-order valence-corrected chi connectivity index (χ1v) is 8.87. The molecule has 6 nitrogen and oxygen atoms in total. The largest absolute Gasteiger partial charge is 0.459 e. The average molecular weight is 332 g/mol. The van der Waals surface area contributed by atoms with Gasteiger partial charge in [0.05, 0.1) is 6.26 Å². The number of hydrogen-bond acceptors (Lipinski definition) is 3. The van der Waals surface area contributed by atoms with E-state index in [9.17, 15) is 4.79 Å². The molecule has 2 fully saturated rings. The van der Waals surface area contributed by atoms with Crippen molar-refractivity contribution < 1.29 is 9.21 Å². The Hall–Kier alpha value is -1.98. The van der Waals surface area contributed by atoms with E-state index < -0.39 is 0 Å². The van der Waals surface area contributed by atoms with Crippen molar-refractivity contribution in [3.05, 3.63) is 24.2 Å². The second-order valence-electron chi connectivity index (χ2n) is 7.34. The predicted octanol–water partition coefficient (Wildman–Crippen LogP) is 2.05. The van der Waals surface area contributed by atoms with Crippen LogP contribution in [0.1, 0.15) is 37.7 Å². The van der Waals surface area contributed by atoms with Crippen LogP contribution < -0.4 is 5.32 Å². The number of hydrogen-bond donors (Lipinski definition) is 1. The lowest BCUT2D eigenvalue weighted by Gasteiger charge is -2.36. The van der Waals surface area contributed by atoms with Gasteiger partial charge in [-0.05, 0) is 36.8 Å². The van der Waals surface area contributed by atoms with Gasteiger partial charge in [0.2, 0.25) is 0 Å². The molecule has 0 spiro atoms. The number of carbonyl (C=O) groups is 1. The van der Waals surface area contributed by atoms with E-state index in [1.807, 2.05) is 4.90 Å². The summed E-state index contributed by atoms with van der Waals surface area (Å²) in [4.78, 5) is 21.3. The topological polar surface area (TPSA) is 61.1 Å². The molecule has 6 heteroatoms. The standard InChI is InChI=1S/C18H28N4O2/c1-4-19-17(20-13-14-12-18(14,2)3)22-9-7-21(8-10-22)16(23)15-6-5-11-24-15/h5-6,11,14H,4,7-10,12-13H2,1-3H3,(H,19,20). The van der Waals surface area contributed by atoms with E-state index in [2.05, 4.69) is 31.0 Å². The molecule has 1 aromatic rings. The van der Waals surface area contributed by atoms with E-state index in [0.717, 1.165) is 32.1 Å². The lowest BCUT2D eigenvalue weighted by Crippen LogP contribution is -2.53. The minimum absolute atomic E-state index is 0.0266. The lowest BCUT2D eigenvalue weighted by atomic mass is 10.1. The lowest BCUT2D eigenvalue weighted by molar-refractivity contribution is 0.0657. The van der Waals surface area contributed by atoms with Gasteiger partial charge in [0.15, 0.2) is 11.7 Å². The molecule has 0 radical (unpaired) electrons. The zero-order valence-corrected chi connectivity index (χ0v) is 14.9. The highest BCUT2D eigenvalue weighted by molar-refractivity contribution is 5.91. The third-order valence-electron chi connectivity index (χ3n) is 5.11. The summed E-state index contributed by atoms with van der Waals surface area (Å²) in [7, 11) is 0. The number of guanidine groups is 1. The first kappa shape index (κ1) is 16.9. The van der Waals surface area contributed by atoms with E-state index in [1.54, 1.807) is 18.4 Å². The molecule has 0 bridgehead atoms. The summed E-state index contributed by atoms with van der Waals surface area (Å²) >= 11 is 0. The number of aliphatic imine (C=N–C) groups is 1. The van der Waals surface area contributed by atoms with Gasteiger partial charge in [0.25, 0.3) is 5.91 Å². The molecular formula is C18H28N4O2. The molecule has 0 aromatic carbocycles. The Morgan fingerprint density at radius 1 is 1.33 bits per heavy atom. The Bertz CT molecular complexity index is 586. The van der Waals surface area contributed by atoms with Crippen molar-refractivity contribution in [2.75, 3.05) is 39.3 Å². The maximum atomic E-state index is 12.3. The number of amides is 1. The highest BCUT2D eigenvalue weighted by Crippen LogP contribution is 2.51. The summed E-state index contributed by atoms with van der Waals surface area (Å²) in [5, 5.41) is 3.39. The van der Waals surface area contributed by atoms with Gasteiger partial charge in [-0.1, -0.05) is 13.8 Å². The summed E-state index contributed by atoms with van der Waals surface area (Å²) in [5.74, 6) is 2.07. The molecule has 1 atom stereocenters. The number of rotatable bonds is 4. The van der Waals surface area contributed by atoms with Crippen molar-refractivity contribution in [1.82, 2.24) is 15.1 Å². The molecule has 2 heterocycles. The highest BCUT2D eigenvalue weighted by atomic mass is 16.3. The van der Waals surface area contributed by atoms with Crippen molar-refractivity contribution in [2.24, 2.45) is 16.3 Å². The molecule has 1 unspecified atom stereocenters. The van der Waals surface area contributed by atoms with E-state index in [1.165, 1.54) is 6.42 Å². The summed E-state index contributed by atoms with van der Waals surface area (Å²) < 4.78 is 5.21. The number of carbonyl (C=O) groups excluding carboxylic acids is 1. The Morgan fingerprint density at radius 3 is 2.54 bits per heavy atom. The van der Waals surface area contributed by atoms with Gasteiger partial charge in [-0.15, -0.1) is 0 Å². The fourth-order valence-electron chi connectivity index (χ4n) is 3.19. The van der Waals surface area contributed by atoms with Crippen LogP contribution in [-0.2, 0) is 0 Å². The van der Waals surface area contributed by atoms with Crippen LogP contribution in [0.15, 0.2) is 27.8 Å². The van der Waals surface area contributed by atoms with Crippen LogP contribution in [0.5, 0.6) is 0 Å². The third-order valence-corrected chi connectivity index (χ3v) is 5.11. The molecule has 1 saturated carbocycles. The first-order chi connectivity index (χ1) is 11.5. The molecule has 1 aromatic heterocycles.